The Bertz CT molecular complexity index is 1560. The van der Waals surface area contributed by atoms with Crippen molar-refractivity contribution >= 4 is 12.0 Å². The number of likely N-dealkylation sites (N-methyl/N-ethyl adjacent to an activating group) is 1. The number of ether oxygens (including phenoxy) is 3. The van der Waals surface area contributed by atoms with Crippen molar-refractivity contribution in [1.82, 2.24) is 25.4 Å². The second-order valence-corrected chi connectivity index (χ2v) is 9.11. The molecular formula is C31H29N5O5. The number of nitrogens with zero attached hydrogens (tertiary/aromatic N) is 4. The summed E-state index contributed by atoms with van der Waals surface area (Å²) in [6.45, 7) is 1.71. The van der Waals surface area contributed by atoms with Gasteiger partial charge in [-0.05, 0) is 24.6 Å². The minimum absolute atomic E-state index is 0.000350. The van der Waals surface area contributed by atoms with Crippen molar-refractivity contribution in [2.24, 2.45) is 0 Å². The molecule has 41 heavy (non-hydrogen) atoms. The zero-order valence-corrected chi connectivity index (χ0v) is 22.9. The number of hydrogen-bond acceptors (Lipinski definition) is 8. The minimum atomic E-state index is -0.762. The SMILES string of the molecule is CCOC(=O)C1=C(COc2nnc(-c3ccccc3)c(-c3ccccc3)n2)N(C)C(=O)N[C@H]1c1ccc(OC)cc1. The van der Waals surface area contributed by atoms with Crippen LogP contribution in [0.2, 0.25) is 0 Å². The number of nitrogens with one attached hydrogen (secondary N) is 1. The van der Waals surface area contributed by atoms with Crippen LogP contribution in [0.4, 0.5) is 4.79 Å². The Morgan fingerprint density at radius 1 is 0.902 bits per heavy atom. The average molecular weight is 552 g/mol. The Kier molecular flexibility index (Phi) is 8.19. The van der Waals surface area contributed by atoms with Gasteiger partial charge in [-0.25, -0.2) is 9.59 Å². The Balaban J connectivity index is 1.53. The van der Waals surface area contributed by atoms with Crippen molar-refractivity contribution in [3.8, 4) is 34.3 Å². The van der Waals surface area contributed by atoms with Crippen molar-refractivity contribution < 1.29 is 23.8 Å². The minimum Gasteiger partial charge on any atom is -0.497 e. The highest BCUT2D eigenvalue weighted by molar-refractivity contribution is 5.95. The fourth-order valence-electron chi connectivity index (χ4n) is 4.52. The van der Waals surface area contributed by atoms with Crippen molar-refractivity contribution in [1.29, 1.82) is 0 Å². The first-order valence-electron chi connectivity index (χ1n) is 13.1. The highest BCUT2D eigenvalue weighted by atomic mass is 16.5. The second kappa shape index (κ2) is 12.3. The molecule has 1 N–H and O–H groups in total. The highest BCUT2D eigenvalue weighted by Gasteiger charge is 2.37. The van der Waals surface area contributed by atoms with Gasteiger partial charge < -0.3 is 19.5 Å². The van der Waals surface area contributed by atoms with Crippen LogP contribution in [0.5, 0.6) is 11.8 Å². The summed E-state index contributed by atoms with van der Waals surface area (Å²) in [5.41, 5.74) is 4.14. The van der Waals surface area contributed by atoms with E-state index in [1.54, 1.807) is 45.3 Å². The van der Waals surface area contributed by atoms with Crippen molar-refractivity contribution in [3.05, 3.63) is 102 Å². The number of rotatable bonds is 9. The zero-order valence-electron chi connectivity index (χ0n) is 22.9. The lowest BCUT2D eigenvalue weighted by Crippen LogP contribution is -2.48. The van der Waals surface area contributed by atoms with Gasteiger partial charge in [-0.3, -0.25) is 4.90 Å². The third-order valence-corrected chi connectivity index (χ3v) is 6.62. The summed E-state index contributed by atoms with van der Waals surface area (Å²) in [4.78, 5) is 32.2. The first kappa shape index (κ1) is 27.3. The third-order valence-electron chi connectivity index (χ3n) is 6.62. The molecule has 0 unspecified atom stereocenters. The number of benzene rings is 3. The quantitative estimate of drug-likeness (QED) is 0.295. The summed E-state index contributed by atoms with van der Waals surface area (Å²) in [5.74, 6) is 0.0817. The fraction of sp³-hybridized carbons (Fsp3) is 0.194. The van der Waals surface area contributed by atoms with E-state index in [4.69, 9.17) is 14.2 Å². The van der Waals surface area contributed by atoms with Gasteiger partial charge in [0.25, 0.3) is 0 Å². The molecule has 0 saturated carbocycles. The molecule has 0 radical (unpaired) electrons. The number of aromatic nitrogens is 3. The lowest BCUT2D eigenvalue weighted by molar-refractivity contribution is -0.139. The summed E-state index contributed by atoms with van der Waals surface area (Å²) in [5, 5.41) is 11.5. The molecule has 1 aliphatic rings. The fourth-order valence-corrected chi connectivity index (χ4v) is 4.52. The lowest BCUT2D eigenvalue weighted by atomic mass is 9.94. The highest BCUT2D eigenvalue weighted by Crippen LogP contribution is 2.33. The number of methoxy groups -OCH3 is 1. The number of urea groups is 1. The molecule has 10 heteroatoms. The zero-order chi connectivity index (χ0) is 28.8. The first-order chi connectivity index (χ1) is 20.0. The van der Waals surface area contributed by atoms with Gasteiger partial charge in [0.2, 0.25) is 0 Å². The molecule has 208 valence electrons. The van der Waals surface area contributed by atoms with Gasteiger partial charge in [0.15, 0.2) is 0 Å². The molecule has 0 saturated heterocycles. The van der Waals surface area contributed by atoms with Crippen LogP contribution in [0.25, 0.3) is 22.5 Å². The maximum atomic E-state index is 13.2. The Labute approximate surface area is 237 Å². The summed E-state index contributed by atoms with van der Waals surface area (Å²) < 4.78 is 16.6. The van der Waals surface area contributed by atoms with Crippen LogP contribution in [-0.4, -0.2) is 59.5 Å². The molecule has 1 aromatic heterocycles. The lowest BCUT2D eigenvalue weighted by Gasteiger charge is -2.34. The maximum Gasteiger partial charge on any atom is 0.338 e. The van der Waals surface area contributed by atoms with Crippen LogP contribution < -0.4 is 14.8 Å². The van der Waals surface area contributed by atoms with E-state index >= 15 is 0 Å². The van der Waals surface area contributed by atoms with Crippen LogP contribution in [0, 0.1) is 0 Å². The van der Waals surface area contributed by atoms with Crippen LogP contribution in [0.3, 0.4) is 0 Å². The summed E-state index contributed by atoms with van der Waals surface area (Å²) in [7, 11) is 3.13. The van der Waals surface area contributed by atoms with E-state index in [0.717, 1.165) is 11.1 Å². The molecule has 1 aliphatic heterocycles. The molecule has 0 spiro atoms. The van der Waals surface area contributed by atoms with Crippen molar-refractivity contribution in [2.75, 3.05) is 27.4 Å². The number of carbonyl (C=O) groups excluding carboxylic acids is 2. The second-order valence-electron chi connectivity index (χ2n) is 9.11. The van der Waals surface area contributed by atoms with Gasteiger partial charge in [0.05, 0.1) is 31.0 Å². The van der Waals surface area contributed by atoms with Crippen LogP contribution in [0.1, 0.15) is 18.5 Å². The van der Waals surface area contributed by atoms with Crippen LogP contribution >= 0.6 is 0 Å². The van der Waals surface area contributed by atoms with E-state index in [-0.39, 0.29) is 24.8 Å². The summed E-state index contributed by atoms with van der Waals surface area (Å²) in [6.07, 6.45) is 0. The Hall–Kier alpha value is -5.25. The van der Waals surface area contributed by atoms with Gasteiger partial charge in [0, 0.05) is 18.2 Å². The number of amides is 2. The van der Waals surface area contributed by atoms with Crippen molar-refractivity contribution in [3.63, 3.8) is 0 Å². The molecule has 2 heterocycles. The topological polar surface area (TPSA) is 116 Å². The summed E-state index contributed by atoms with van der Waals surface area (Å²) >= 11 is 0. The van der Waals surface area contributed by atoms with Gasteiger partial charge in [-0.1, -0.05) is 77.9 Å². The summed E-state index contributed by atoms with van der Waals surface area (Å²) in [6, 6.07) is 25.2. The van der Waals surface area contributed by atoms with E-state index in [0.29, 0.717) is 28.4 Å². The molecule has 4 aromatic rings. The predicted molar refractivity (Wildman–Crippen MR) is 152 cm³/mol. The van der Waals surface area contributed by atoms with E-state index in [9.17, 15) is 9.59 Å². The van der Waals surface area contributed by atoms with E-state index in [2.05, 4.69) is 20.5 Å². The number of carbonyl (C=O) groups is 2. The molecule has 0 fully saturated rings. The van der Waals surface area contributed by atoms with E-state index in [1.165, 1.54) is 4.90 Å². The van der Waals surface area contributed by atoms with Crippen LogP contribution in [0.15, 0.2) is 96.2 Å². The number of hydrogen-bond donors (Lipinski definition) is 1. The van der Waals surface area contributed by atoms with Crippen molar-refractivity contribution in [2.45, 2.75) is 13.0 Å². The molecular weight excluding hydrogens is 522 g/mol. The van der Waals surface area contributed by atoms with Crippen LogP contribution in [-0.2, 0) is 9.53 Å². The maximum absolute atomic E-state index is 13.2. The predicted octanol–water partition coefficient (Wildman–Crippen LogP) is 4.81. The molecule has 2 amide bonds. The molecule has 0 bridgehead atoms. The standard InChI is InChI=1S/C31H29N5O5/c1-4-40-29(37)25-24(36(2)31(38)33-26(25)22-15-17-23(39-3)18-16-22)19-41-30-32-27(20-11-7-5-8-12-20)28(34-35-30)21-13-9-6-10-14-21/h5-18,26H,4,19H2,1-3H3,(H,33,38)/t26-/m0/s1. The van der Waals surface area contributed by atoms with E-state index < -0.39 is 18.0 Å². The molecule has 5 rings (SSSR count). The average Bonchev–Trinajstić information content (AvgIpc) is 3.02. The van der Waals surface area contributed by atoms with Gasteiger partial charge in [0.1, 0.15) is 23.7 Å². The Morgan fingerprint density at radius 2 is 1.54 bits per heavy atom. The first-order valence-corrected chi connectivity index (χ1v) is 13.1. The van der Waals surface area contributed by atoms with Gasteiger partial charge >= 0.3 is 18.0 Å². The normalized spacial score (nSPS) is 14.9. The third kappa shape index (κ3) is 5.86. The number of esters is 1. The monoisotopic (exact) mass is 551 g/mol. The Morgan fingerprint density at radius 3 is 2.15 bits per heavy atom. The molecule has 3 aromatic carbocycles. The largest absolute Gasteiger partial charge is 0.497 e. The van der Waals surface area contributed by atoms with Gasteiger partial charge in [-0.2, -0.15) is 4.98 Å². The van der Waals surface area contributed by atoms with E-state index in [1.807, 2.05) is 60.7 Å². The molecule has 1 atom stereocenters. The van der Waals surface area contributed by atoms with Gasteiger partial charge in [-0.15, -0.1) is 5.10 Å². The molecule has 10 nitrogen and oxygen atoms in total. The molecule has 0 aliphatic carbocycles. The smallest absolute Gasteiger partial charge is 0.338 e.